The molecule has 0 aromatic heterocycles. The van der Waals surface area contributed by atoms with Crippen molar-refractivity contribution in [2.75, 3.05) is 40.0 Å². The van der Waals surface area contributed by atoms with Crippen LogP contribution in [0, 0.1) is 5.41 Å². The van der Waals surface area contributed by atoms with Crippen LogP contribution in [0.5, 0.6) is 0 Å². The summed E-state index contributed by atoms with van der Waals surface area (Å²) in [5, 5.41) is 9.66. The number of ether oxygens (including phenoxy) is 2. The van der Waals surface area contributed by atoms with Gasteiger partial charge in [0.2, 0.25) is 5.91 Å². The van der Waals surface area contributed by atoms with E-state index >= 15 is 0 Å². The van der Waals surface area contributed by atoms with Gasteiger partial charge in [-0.2, -0.15) is 0 Å². The Labute approximate surface area is 142 Å². The highest BCUT2D eigenvalue weighted by molar-refractivity contribution is 5.86. The first kappa shape index (κ1) is 23.7. The van der Waals surface area contributed by atoms with E-state index in [2.05, 4.69) is 5.32 Å². The van der Waals surface area contributed by atoms with Gasteiger partial charge in [-0.05, 0) is 19.8 Å². The number of carbonyl (C=O) groups is 2. The molecule has 0 unspecified atom stereocenters. The van der Waals surface area contributed by atoms with Crippen LogP contribution in [0.2, 0.25) is 0 Å². The first-order chi connectivity index (χ1) is 10.4. The molecule has 0 rings (SSSR count). The smallest absolute Gasteiger partial charge is 0.325 e. The second-order valence-electron chi connectivity index (χ2n) is 4.65. The number of rotatable bonds is 11. The van der Waals surface area contributed by atoms with Crippen molar-refractivity contribution in [1.29, 1.82) is 5.41 Å². The molecule has 1 atom stereocenters. The maximum atomic E-state index is 12.3. The highest BCUT2D eigenvalue weighted by Crippen LogP contribution is 2.01. The van der Waals surface area contributed by atoms with Crippen molar-refractivity contribution in [1.82, 2.24) is 10.2 Å². The molecule has 0 fully saturated rings. The standard InChI is InChI=1S/C13H27N5O4.ClH/c1-3-22-11(19)9-18(7-8-21-2)12(20)10(14)5-4-6-17-13(15)16;/h10H,3-9,14H2,1-2H3,(H4,15,16,17);1H/t10-;/m0./s1. The number of halogens is 1. The molecule has 0 aromatic carbocycles. The normalized spacial score (nSPS) is 11.1. The van der Waals surface area contributed by atoms with E-state index in [0.29, 0.717) is 26.0 Å². The molecule has 0 saturated heterocycles. The summed E-state index contributed by atoms with van der Waals surface area (Å²) in [6, 6.07) is -0.722. The summed E-state index contributed by atoms with van der Waals surface area (Å²) in [4.78, 5) is 25.1. The molecule has 9 nitrogen and oxygen atoms in total. The molecule has 0 aliphatic rings. The number of methoxy groups -OCH3 is 1. The third-order valence-electron chi connectivity index (χ3n) is 2.83. The van der Waals surface area contributed by atoms with Crippen LogP contribution in [0.4, 0.5) is 0 Å². The minimum atomic E-state index is -0.722. The third-order valence-corrected chi connectivity index (χ3v) is 2.83. The predicted molar refractivity (Wildman–Crippen MR) is 89.5 cm³/mol. The summed E-state index contributed by atoms with van der Waals surface area (Å²) in [5.41, 5.74) is 11.0. The van der Waals surface area contributed by atoms with E-state index in [4.69, 9.17) is 26.4 Å². The van der Waals surface area contributed by atoms with Gasteiger partial charge in [0.25, 0.3) is 0 Å². The van der Waals surface area contributed by atoms with Crippen molar-refractivity contribution in [2.45, 2.75) is 25.8 Å². The second-order valence-corrected chi connectivity index (χ2v) is 4.65. The lowest BCUT2D eigenvalue weighted by molar-refractivity contribution is -0.149. The SMILES string of the molecule is CCOC(=O)CN(CCOC)C(=O)[C@@H](N)CCCNC(=N)N.Cl. The fourth-order valence-electron chi connectivity index (χ4n) is 1.73. The molecule has 0 aromatic rings. The number of hydrogen-bond acceptors (Lipinski definition) is 6. The number of nitrogens with zero attached hydrogens (tertiary/aromatic N) is 1. The number of carbonyl (C=O) groups excluding carboxylic acids is 2. The summed E-state index contributed by atoms with van der Waals surface area (Å²) in [5.74, 6) is -0.922. The molecule has 0 spiro atoms. The Morgan fingerprint density at radius 2 is 2.04 bits per heavy atom. The summed E-state index contributed by atoms with van der Waals surface area (Å²) < 4.78 is 9.78. The molecule has 0 aliphatic heterocycles. The van der Waals surface area contributed by atoms with Gasteiger partial charge in [-0.1, -0.05) is 0 Å². The molecule has 10 heteroatoms. The number of esters is 1. The van der Waals surface area contributed by atoms with Crippen molar-refractivity contribution < 1.29 is 19.1 Å². The Balaban J connectivity index is 0. The van der Waals surface area contributed by atoms with Crippen molar-refractivity contribution in [3.8, 4) is 0 Å². The molecule has 136 valence electrons. The molecular weight excluding hydrogens is 326 g/mol. The van der Waals surface area contributed by atoms with Crippen LogP contribution in [-0.4, -0.2) is 68.7 Å². The lowest BCUT2D eigenvalue weighted by Crippen LogP contribution is -2.47. The van der Waals surface area contributed by atoms with E-state index in [1.54, 1.807) is 6.92 Å². The van der Waals surface area contributed by atoms with E-state index in [-0.39, 0.29) is 44.0 Å². The van der Waals surface area contributed by atoms with Crippen LogP contribution in [0.25, 0.3) is 0 Å². The first-order valence-electron chi connectivity index (χ1n) is 7.19. The minimum Gasteiger partial charge on any atom is -0.465 e. The van der Waals surface area contributed by atoms with Gasteiger partial charge in [-0.15, -0.1) is 12.4 Å². The minimum absolute atomic E-state index is 0. The molecular formula is C13H28ClN5O4. The number of amides is 1. The fraction of sp³-hybridized carbons (Fsp3) is 0.769. The molecule has 1 amide bonds. The van der Waals surface area contributed by atoms with Crippen molar-refractivity contribution >= 4 is 30.2 Å². The Bertz CT molecular complexity index is 370. The van der Waals surface area contributed by atoms with Crippen molar-refractivity contribution in [3.05, 3.63) is 0 Å². The Morgan fingerprint density at radius 1 is 1.39 bits per heavy atom. The monoisotopic (exact) mass is 353 g/mol. The molecule has 0 aliphatic carbocycles. The molecule has 6 N–H and O–H groups in total. The average molecular weight is 354 g/mol. The number of hydrogen-bond donors (Lipinski definition) is 4. The summed E-state index contributed by atoms with van der Waals surface area (Å²) in [6.07, 6.45) is 1.01. The van der Waals surface area contributed by atoms with Gasteiger partial charge in [0.1, 0.15) is 6.54 Å². The van der Waals surface area contributed by atoms with Crippen LogP contribution in [-0.2, 0) is 19.1 Å². The molecule has 0 heterocycles. The molecule has 0 radical (unpaired) electrons. The average Bonchev–Trinajstić information content (AvgIpc) is 2.47. The zero-order valence-electron chi connectivity index (χ0n) is 13.7. The van der Waals surface area contributed by atoms with E-state index in [0.717, 1.165) is 0 Å². The largest absolute Gasteiger partial charge is 0.465 e. The second kappa shape index (κ2) is 14.0. The Hall–Kier alpha value is -1.58. The number of nitrogens with two attached hydrogens (primary N) is 2. The van der Waals surface area contributed by atoms with Crippen molar-refractivity contribution in [3.63, 3.8) is 0 Å². The fourth-order valence-corrected chi connectivity index (χ4v) is 1.73. The number of guanidine groups is 1. The number of nitrogens with one attached hydrogen (secondary N) is 2. The van der Waals surface area contributed by atoms with Crippen LogP contribution in [0.15, 0.2) is 0 Å². The maximum Gasteiger partial charge on any atom is 0.325 e. The highest BCUT2D eigenvalue weighted by atomic mass is 35.5. The van der Waals surface area contributed by atoms with E-state index < -0.39 is 12.0 Å². The van der Waals surface area contributed by atoms with Crippen LogP contribution < -0.4 is 16.8 Å². The third kappa shape index (κ3) is 11.6. The Morgan fingerprint density at radius 3 is 2.57 bits per heavy atom. The van der Waals surface area contributed by atoms with Crippen LogP contribution in [0.1, 0.15) is 19.8 Å². The van der Waals surface area contributed by atoms with Gasteiger partial charge in [-0.25, -0.2) is 0 Å². The predicted octanol–water partition coefficient (Wildman–Crippen LogP) is -0.963. The van der Waals surface area contributed by atoms with Gasteiger partial charge >= 0.3 is 5.97 Å². The van der Waals surface area contributed by atoms with Gasteiger partial charge in [0.05, 0.1) is 19.3 Å². The van der Waals surface area contributed by atoms with Gasteiger partial charge in [0, 0.05) is 20.2 Å². The van der Waals surface area contributed by atoms with Gasteiger partial charge < -0.3 is 31.2 Å². The first-order valence-corrected chi connectivity index (χ1v) is 7.19. The molecule has 23 heavy (non-hydrogen) atoms. The zero-order valence-corrected chi connectivity index (χ0v) is 14.5. The maximum absolute atomic E-state index is 12.3. The van der Waals surface area contributed by atoms with E-state index in [1.165, 1.54) is 12.0 Å². The lowest BCUT2D eigenvalue weighted by atomic mass is 10.1. The van der Waals surface area contributed by atoms with Crippen LogP contribution in [0.3, 0.4) is 0 Å². The molecule has 0 saturated carbocycles. The van der Waals surface area contributed by atoms with Crippen LogP contribution >= 0.6 is 12.4 Å². The highest BCUT2D eigenvalue weighted by Gasteiger charge is 2.23. The Kier molecular flexibility index (Phi) is 14.5. The van der Waals surface area contributed by atoms with Gasteiger partial charge in [-0.3, -0.25) is 15.0 Å². The summed E-state index contributed by atoms with van der Waals surface area (Å²) in [6.45, 7) is 2.86. The van der Waals surface area contributed by atoms with Gasteiger partial charge in [0.15, 0.2) is 5.96 Å². The zero-order chi connectivity index (χ0) is 17.0. The lowest BCUT2D eigenvalue weighted by Gasteiger charge is -2.24. The topological polar surface area (TPSA) is 144 Å². The summed E-state index contributed by atoms with van der Waals surface area (Å²) in [7, 11) is 1.51. The summed E-state index contributed by atoms with van der Waals surface area (Å²) >= 11 is 0. The van der Waals surface area contributed by atoms with Crippen molar-refractivity contribution in [2.24, 2.45) is 11.5 Å². The van der Waals surface area contributed by atoms with E-state index in [9.17, 15) is 9.59 Å². The molecule has 0 bridgehead atoms. The van der Waals surface area contributed by atoms with E-state index in [1.807, 2.05) is 0 Å². The quantitative estimate of drug-likeness (QED) is 0.162.